The highest BCUT2D eigenvalue weighted by molar-refractivity contribution is 6.00. The summed E-state index contributed by atoms with van der Waals surface area (Å²) in [6.07, 6.45) is -4.68. The van der Waals surface area contributed by atoms with E-state index in [-0.39, 0.29) is 12.2 Å². The minimum atomic E-state index is -4.68. The number of benzene rings is 1. The molecule has 0 radical (unpaired) electrons. The molecular formula is C14H12F3N3O2. The number of hydrogen-bond donors (Lipinski definition) is 1. The van der Waals surface area contributed by atoms with Crippen LogP contribution in [0.5, 0.6) is 0 Å². The highest BCUT2D eigenvalue weighted by atomic mass is 19.4. The van der Waals surface area contributed by atoms with Crippen LogP contribution in [0.2, 0.25) is 0 Å². The zero-order valence-electron chi connectivity index (χ0n) is 11.8. The smallest absolute Gasteiger partial charge is 0.417 e. The quantitative estimate of drug-likeness (QED) is 0.912. The predicted octanol–water partition coefficient (Wildman–Crippen LogP) is 2.72. The van der Waals surface area contributed by atoms with Crippen molar-refractivity contribution in [3.8, 4) is 6.07 Å². The summed E-state index contributed by atoms with van der Waals surface area (Å²) in [4.78, 5) is 16.1. The first-order valence-corrected chi connectivity index (χ1v) is 6.28. The number of hydrogen-bond acceptors (Lipinski definition) is 4. The molecule has 116 valence electrons. The Morgan fingerprint density at radius 1 is 1.50 bits per heavy atom. The van der Waals surface area contributed by atoms with Gasteiger partial charge < -0.3 is 10.1 Å². The summed E-state index contributed by atoms with van der Waals surface area (Å²) >= 11 is 0. The Bertz CT molecular complexity index is 692. The molecule has 1 aromatic carbocycles. The van der Waals surface area contributed by atoms with Crippen molar-refractivity contribution in [2.45, 2.75) is 25.6 Å². The molecule has 1 heterocycles. The number of alkyl halides is 3. The Labute approximate surface area is 124 Å². The molecule has 1 unspecified atom stereocenters. The summed E-state index contributed by atoms with van der Waals surface area (Å²) < 4.78 is 43.9. The van der Waals surface area contributed by atoms with Crippen molar-refractivity contribution in [3.05, 3.63) is 29.3 Å². The third-order valence-corrected chi connectivity index (χ3v) is 3.16. The van der Waals surface area contributed by atoms with E-state index in [1.165, 1.54) is 19.1 Å². The summed E-state index contributed by atoms with van der Waals surface area (Å²) in [5, 5.41) is 11.1. The van der Waals surface area contributed by atoms with Gasteiger partial charge in [0.2, 0.25) is 5.60 Å². The molecule has 0 aromatic heterocycles. The highest BCUT2D eigenvalue weighted by Crippen LogP contribution is 2.33. The van der Waals surface area contributed by atoms with E-state index in [9.17, 15) is 18.0 Å². The largest absolute Gasteiger partial charge is 0.463 e. The van der Waals surface area contributed by atoms with Crippen LogP contribution in [0.4, 0.5) is 18.9 Å². The number of anilines is 1. The topological polar surface area (TPSA) is 74.5 Å². The van der Waals surface area contributed by atoms with Gasteiger partial charge in [0.05, 0.1) is 23.7 Å². The monoisotopic (exact) mass is 311 g/mol. The number of ether oxygens (including phenoxy) is 1. The van der Waals surface area contributed by atoms with Crippen LogP contribution in [-0.4, -0.2) is 24.0 Å². The highest BCUT2D eigenvalue weighted by Gasteiger charge is 2.40. The van der Waals surface area contributed by atoms with Crippen LogP contribution in [0.15, 0.2) is 23.2 Å². The first-order chi connectivity index (χ1) is 10.2. The molecular weight excluding hydrogens is 299 g/mol. The molecule has 0 saturated carbocycles. The fourth-order valence-corrected chi connectivity index (χ4v) is 1.99. The number of halogens is 3. The van der Waals surface area contributed by atoms with E-state index in [2.05, 4.69) is 10.3 Å². The van der Waals surface area contributed by atoms with E-state index >= 15 is 0 Å². The van der Waals surface area contributed by atoms with Crippen LogP contribution in [0.25, 0.3) is 0 Å². The number of amides is 1. The lowest BCUT2D eigenvalue weighted by atomic mass is 10.0. The number of aliphatic imine (C=N–C) groups is 1. The Kier molecular flexibility index (Phi) is 3.83. The molecule has 0 saturated heterocycles. The lowest BCUT2D eigenvalue weighted by Gasteiger charge is -2.22. The van der Waals surface area contributed by atoms with Gasteiger partial charge in [0, 0.05) is 12.6 Å². The molecule has 0 spiro atoms. The van der Waals surface area contributed by atoms with Gasteiger partial charge in [-0.1, -0.05) is 0 Å². The van der Waals surface area contributed by atoms with E-state index in [4.69, 9.17) is 10.00 Å². The first-order valence-electron chi connectivity index (χ1n) is 6.28. The molecule has 22 heavy (non-hydrogen) atoms. The number of nitriles is 1. The van der Waals surface area contributed by atoms with E-state index in [1.807, 2.05) is 0 Å². The predicted molar refractivity (Wildman–Crippen MR) is 72.3 cm³/mol. The Hall–Kier alpha value is -2.56. The average Bonchev–Trinajstić information content (AvgIpc) is 2.79. The molecule has 1 aliphatic rings. The van der Waals surface area contributed by atoms with Gasteiger partial charge in [0.15, 0.2) is 5.90 Å². The third kappa shape index (κ3) is 3.03. The van der Waals surface area contributed by atoms with Crippen LogP contribution in [0.3, 0.4) is 0 Å². The van der Waals surface area contributed by atoms with Gasteiger partial charge in [0.25, 0.3) is 5.91 Å². The second kappa shape index (κ2) is 5.33. The minimum absolute atomic E-state index is 0.0642. The molecule has 1 N–H and O–H groups in total. The van der Waals surface area contributed by atoms with Gasteiger partial charge in [-0.2, -0.15) is 18.4 Å². The number of carbonyl (C=O) groups is 1. The summed E-state index contributed by atoms with van der Waals surface area (Å²) in [5.41, 5.74) is -2.92. The van der Waals surface area contributed by atoms with Gasteiger partial charge in [-0.3, -0.25) is 9.79 Å². The lowest BCUT2D eigenvalue weighted by molar-refractivity contribution is -0.137. The van der Waals surface area contributed by atoms with E-state index in [1.54, 1.807) is 6.92 Å². The molecule has 5 nitrogen and oxygen atoms in total. The molecule has 0 aliphatic carbocycles. The van der Waals surface area contributed by atoms with E-state index < -0.39 is 28.8 Å². The van der Waals surface area contributed by atoms with Crippen molar-refractivity contribution in [1.82, 2.24) is 0 Å². The van der Waals surface area contributed by atoms with Gasteiger partial charge in [-0.05, 0) is 25.1 Å². The van der Waals surface area contributed by atoms with Crippen LogP contribution >= 0.6 is 0 Å². The number of nitrogens with zero attached hydrogens (tertiary/aromatic N) is 2. The molecule has 1 aromatic rings. The number of carbonyl (C=O) groups excluding carboxylic acids is 1. The first kappa shape index (κ1) is 15.8. The maximum atomic E-state index is 12.9. The zero-order valence-corrected chi connectivity index (χ0v) is 11.8. The summed E-state index contributed by atoms with van der Waals surface area (Å²) in [7, 11) is 0. The molecule has 1 amide bonds. The van der Waals surface area contributed by atoms with Crippen LogP contribution in [0, 0.1) is 11.3 Å². The molecule has 8 heteroatoms. The third-order valence-electron chi connectivity index (χ3n) is 3.16. The minimum Gasteiger partial charge on any atom is -0.463 e. The van der Waals surface area contributed by atoms with Crippen molar-refractivity contribution in [1.29, 1.82) is 5.26 Å². The van der Waals surface area contributed by atoms with Crippen molar-refractivity contribution in [2.75, 3.05) is 11.9 Å². The van der Waals surface area contributed by atoms with Gasteiger partial charge in [-0.15, -0.1) is 0 Å². The normalized spacial score (nSPS) is 20.8. The summed E-state index contributed by atoms with van der Waals surface area (Å²) in [6.45, 7) is 3.17. The summed E-state index contributed by atoms with van der Waals surface area (Å²) in [6, 6.07) is 4.45. The van der Waals surface area contributed by atoms with Crippen molar-refractivity contribution in [3.63, 3.8) is 0 Å². The number of nitrogens with one attached hydrogen (secondary N) is 1. The van der Waals surface area contributed by atoms with E-state index in [0.29, 0.717) is 5.90 Å². The maximum absolute atomic E-state index is 12.9. The molecule has 1 atom stereocenters. The molecule has 2 rings (SSSR count). The average molecular weight is 311 g/mol. The van der Waals surface area contributed by atoms with Gasteiger partial charge in [0.1, 0.15) is 0 Å². The second-order valence-electron chi connectivity index (χ2n) is 4.99. The molecule has 0 fully saturated rings. The standard InChI is InChI=1S/C14H12F3N3O2/c1-8-19-7-13(2,22-8)12(21)20-10-4-3-9(6-18)11(5-10)14(15,16)17/h3-5H,7H2,1-2H3,(H,20,21). The maximum Gasteiger partial charge on any atom is 0.417 e. The van der Waals surface area contributed by atoms with Crippen LogP contribution in [-0.2, 0) is 15.7 Å². The lowest BCUT2D eigenvalue weighted by Crippen LogP contribution is -2.43. The van der Waals surface area contributed by atoms with Crippen molar-refractivity contribution < 1.29 is 22.7 Å². The zero-order chi connectivity index (χ0) is 16.5. The Morgan fingerprint density at radius 3 is 2.68 bits per heavy atom. The Morgan fingerprint density at radius 2 is 2.18 bits per heavy atom. The van der Waals surface area contributed by atoms with Crippen molar-refractivity contribution >= 4 is 17.5 Å². The number of rotatable bonds is 2. The summed E-state index contributed by atoms with van der Waals surface area (Å²) in [5.74, 6) is -0.264. The van der Waals surface area contributed by atoms with Gasteiger partial charge >= 0.3 is 6.18 Å². The van der Waals surface area contributed by atoms with Crippen LogP contribution in [0.1, 0.15) is 25.0 Å². The second-order valence-corrected chi connectivity index (χ2v) is 4.99. The van der Waals surface area contributed by atoms with E-state index in [0.717, 1.165) is 12.1 Å². The molecule has 0 bridgehead atoms. The fourth-order valence-electron chi connectivity index (χ4n) is 1.99. The Balaban J connectivity index is 2.25. The molecule has 1 aliphatic heterocycles. The fraction of sp³-hybridized carbons (Fsp3) is 0.357. The van der Waals surface area contributed by atoms with Crippen molar-refractivity contribution in [2.24, 2.45) is 4.99 Å². The van der Waals surface area contributed by atoms with Crippen LogP contribution < -0.4 is 5.32 Å². The SMILES string of the molecule is CC1=NCC(C)(C(=O)Nc2ccc(C#N)c(C(F)(F)F)c2)O1. The van der Waals surface area contributed by atoms with Gasteiger partial charge in [-0.25, -0.2) is 0 Å².